The molecule has 0 radical (unpaired) electrons. The lowest BCUT2D eigenvalue weighted by molar-refractivity contribution is 0.414. The van der Waals surface area contributed by atoms with Crippen molar-refractivity contribution in [3.05, 3.63) is 29.8 Å². The molecule has 1 rings (SSSR count). The number of hydrogen-bond donors (Lipinski definition) is 1. The Kier molecular flexibility index (Phi) is 7.95. The first-order valence-corrected chi connectivity index (χ1v) is 5.11. The van der Waals surface area contributed by atoms with Crippen molar-refractivity contribution in [1.29, 1.82) is 0 Å². The second-order valence-electron chi connectivity index (χ2n) is 3.01. The zero-order valence-corrected chi connectivity index (χ0v) is 9.42. The summed E-state index contributed by atoms with van der Waals surface area (Å²) in [6, 6.07) is 8.24. The van der Waals surface area contributed by atoms with Crippen LogP contribution in [0.5, 0.6) is 5.75 Å². The number of rotatable bonds is 3. The molecule has 0 atom stereocenters. The fourth-order valence-corrected chi connectivity index (χ4v) is 1.08. The number of aryl methyl sites for hydroxylation is 1. The van der Waals surface area contributed by atoms with E-state index in [1.165, 1.54) is 12.0 Å². The lowest BCUT2D eigenvalue weighted by Crippen LogP contribution is -1.87. The van der Waals surface area contributed by atoms with Crippen molar-refractivity contribution >= 4 is 0 Å². The zero-order valence-electron chi connectivity index (χ0n) is 9.42. The van der Waals surface area contributed by atoms with E-state index in [1.54, 1.807) is 7.11 Å². The minimum Gasteiger partial charge on any atom is -0.497 e. The van der Waals surface area contributed by atoms with Gasteiger partial charge in [-0.05, 0) is 30.7 Å². The third-order valence-electron chi connectivity index (χ3n) is 1.70. The summed E-state index contributed by atoms with van der Waals surface area (Å²) in [6.07, 6.45) is 2.36. The molecule has 0 amide bonds. The van der Waals surface area contributed by atoms with E-state index < -0.39 is 0 Å². The van der Waals surface area contributed by atoms with Crippen molar-refractivity contribution in [1.82, 2.24) is 0 Å². The molecule has 0 aliphatic carbocycles. The molecule has 0 saturated heterocycles. The molecule has 0 unspecified atom stereocenters. The van der Waals surface area contributed by atoms with Gasteiger partial charge in [-0.2, -0.15) is 0 Å². The van der Waals surface area contributed by atoms with E-state index in [9.17, 15) is 0 Å². The van der Waals surface area contributed by atoms with Crippen LogP contribution in [0.4, 0.5) is 0 Å². The van der Waals surface area contributed by atoms with Gasteiger partial charge < -0.3 is 10.5 Å². The van der Waals surface area contributed by atoms with Crippen LogP contribution in [-0.4, -0.2) is 13.7 Å². The summed E-state index contributed by atoms with van der Waals surface area (Å²) in [4.78, 5) is 0. The molecule has 1 aromatic carbocycles. The Labute approximate surface area is 87.1 Å². The number of benzene rings is 1. The fraction of sp³-hybridized carbons (Fsp3) is 0.500. The summed E-state index contributed by atoms with van der Waals surface area (Å²) in [7, 11) is 1.69. The highest BCUT2D eigenvalue weighted by Gasteiger charge is 1.91. The van der Waals surface area contributed by atoms with E-state index in [2.05, 4.69) is 19.1 Å². The predicted molar refractivity (Wildman–Crippen MR) is 61.7 cm³/mol. The van der Waals surface area contributed by atoms with Gasteiger partial charge in [0.05, 0.1) is 7.11 Å². The van der Waals surface area contributed by atoms with Gasteiger partial charge in [-0.1, -0.05) is 32.4 Å². The van der Waals surface area contributed by atoms with E-state index in [1.807, 2.05) is 19.1 Å². The maximum atomic E-state index is 5.05. The van der Waals surface area contributed by atoms with Crippen molar-refractivity contribution in [3.63, 3.8) is 0 Å². The van der Waals surface area contributed by atoms with Gasteiger partial charge in [-0.3, -0.25) is 0 Å². The minimum absolute atomic E-state index is 0.750. The molecule has 14 heavy (non-hydrogen) atoms. The van der Waals surface area contributed by atoms with Crippen molar-refractivity contribution in [3.8, 4) is 5.75 Å². The average Bonchev–Trinajstić information content (AvgIpc) is 2.21. The lowest BCUT2D eigenvalue weighted by Gasteiger charge is -2.00. The van der Waals surface area contributed by atoms with Crippen molar-refractivity contribution in [2.24, 2.45) is 5.73 Å². The Bertz CT molecular complexity index is 218. The highest BCUT2D eigenvalue weighted by atomic mass is 16.5. The van der Waals surface area contributed by atoms with Gasteiger partial charge in [0.2, 0.25) is 0 Å². The molecule has 0 saturated carbocycles. The van der Waals surface area contributed by atoms with E-state index in [0.717, 1.165) is 18.7 Å². The topological polar surface area (TPSA) is 35.2 Å². The van der Waals surface area contributed by atoms with Crippen LogP contribution in [0.15, 0.2) is 24.3 Å². The number of methoxy groups -OCH3 is 1. The lowest BCUT2D eigenvalue weighted by atomic mass is 10.1. The Morgan fingerprint density at radius 3 is 2.00 bits per heavy atom. The number of hydrogen-bond acceptors (Lipinski definition) is 2. The fourth-order valence-electron chi connectivity index (χ4n) is 1.08. The van der Waals surface area contributed by atoms with Crippen LogP contribution >= 0.6 is 0 Å². The first kappa shape index (κ1) is 13.0. The van der Waals surface area contributed by atoms with Gasteiger partial charge in [0.15, 0.2) is 0 Å². The molecule has 2 nitrogen and oxygen atoms in total. The standard InChI is InChI=1S/C10H14O.C2H7N/c1-3-4-9-5-7-10(11-2)8-6-9;1-2-3/h5-8H,3-4H2,1-2H3;2-3H2,1H3. The molecular weight excluding hydrogens is 174 g/mol. The zero-order chi connectivity index (χ0) is 10.8. The first-order valence-electron chi connectivity index (χ1n) is 5.11. The summed E-state index contributed by atoms with van der Waals surface area (Å²) in [5.74, 6) is 0.935. The van der Waals surface area contributed by atoms with Crippen molar-refractivity contribution < 1.29 is 4.74 Å². The van der Waals surface area contributed by atoms with Crippen LogP contribution < -0.4 is 10.5 Å². The van der Waals surface area contributed by atoms with Gasteiger partial charge in [0, 0.05) is 0 Å². The highest BCUT2D eigenvalue weighted by Crippen LogP contribution is 2.11. The molecule has 0 aromatic heterocycles. The summed E-state index contributed by atoms with van der Waals surface area (Å²) in [6.45, 7) is 4.84. The van der Waals surface area contributed by atoms with Crippen molar-refractivity contribution in [2.45, 2.75) is 26.7 Å². The molecule has 1 aromatic rings. The quantitative estimate of drug-likeness (QED) is 0.804. The largest absolute Gasteiger partial charge is 0.497 e. The van der Waals surface area contributed by atoms with Gasteiger partial charge in [0.25, 0.3) is 0 Å². The van der Waals surface area contributed by atoms with Crippen LogP contribution in [0.3, 0.4) is 0 Å². The first-order chi connectivity index (χ1) is 6.78. The third-order valence-corrected chi connectivity index (χ3v) is 1.70. The minimum atomic E-state index is 0.750. The third kappa shape index (κ3) is 5.60. The molecule has 0 fully saturated rings. The Balaban J connectivity index is 0.000000500. The van der Waals surface area contributed by atoms with E-state index in [4.69, 9.17) is 10.5 Å². The second kappa shape index (κ2) is 8.57. The summed E-state index contributed by atoms with van der Waals surface area (Å²) >= 11 is 0. The Morgan fingerprint density at radius 2 is 1.64 bits per heavy atom. The van der Waals surface area contributed by atoms with E-state index in [-0.39, 0.29) is 0 Å². The molecule has 0 spiro atoms. The number of ether oxygens (including phenoxy) is 1. The smallest absolute Gasteiger partial charge is 0.118 e. The summed E-state index contributed by atoms with van der Waals surface area (Å²) in [5, 5.41) is 0. The monoisotopic (exact) mass is 195 g/mol. The molecule has 80 valence electrons. The normalized spacial score (nSPS) is 8.86. The van der Waals surface area contributed by atoms with Gasteiger partial charge in [-0.25, -0.2) is 0 Å². The van der Waals surface area contributed by atoms with Crippen LogP contribution in [0.25, 0.3) is 0 Å². The maximum absolute atomic E-state index is 5.05. The van der Waals surface area contributed by atoms with Gasteiger partial charge in [-0.15, -0.1) is 0 Å². The predicted octanol–water partition coefficient (Wildman–Crippen LogP) is 2.61. The average molecular weight is 195 g/mol. The van der Waals surface area contributed by atoms with Crippen molar-refractivity contribution in [2.75, 3.05) is 13.7 Å². The second-order valence-corrected chi connectivity index (χ2v) is 3.01. The summed E-state index contributed by atoms with van der Waals surface area (Å²) < 4.78 is 5.05. The van der Waals surface area contributed by atoms with Crippen LogP contribution in [0.2, 0.25) is 0 Å². The molecule has 0 aliphatic rings. The van der Waals surface area contributed by atoms with Crippen LogP contribution in [-0.2, 0) is 6.42 Å². The molecule has 0 heterocycles. The Hall–Kier alpha value is -1.02. The van der Waals surface area contributed by atoms with Crippen LogP contribution in [0, 0.1) is 0 Å². The van der Waals surface area contributed by atoms with Crippen LogP contribution in [0.1, 0.15) is 25.8 Å². The molecular formula is C12H21NO. The molecule has 0 aliphatic heterocycles. The van der Waals surface area contributed by atoms with E-state index >= 15 is 0 Å². The van der Waals surface area contributed by atoms with Gasteiger partial charge in [0.1, 0.15) is 5.75 Å². The maximum Gasteiger partial charge on any atom is 0.118 e. The van der Waals surface area contributed by atoms with Gasteiger partial charge >= 0.3 is 0 Å². The SMILES string of the molecule is CCCc1ccc(OC)cc1.CCN. The van der Waals surface area contributed by atoms with E-state index in [0.29, 0.717) is 0 Å². The molecule has 0 bridgehead atoms. The summed E-state index contributed by atoms with van der Waals surface area (Å²) in [5.41, 5.74) is 6.23. The Morgan fingerprint density at radius 1 is 1.14 bits per heavy atom. The molecule has 2 N–H and O–H groups in total. The number of nitrogens with two attached hydrogens (primary N) is 1. The molecule has 2 heteroatoms. The highest BCUT2D eigenvalue weighted by molar-refractivity contribution is 5.27.